The number of nitriles is 1. The number of hydrogen-bond acceptors (Lipinski definition) is 4. The Morgan fingerprint density at radius 2 is 1.79 bits per heavy atom. The predicted octanol–water partition coefficient (Wildman–Crippen LogP) is 3.13. The molecule has 4 heteroatoms. The van der Waals surface area contributed by atoms with Crippen LogP contribution < -0.4 is 5.32 Å². The third kappa shape index (κ3) is 4.35. The molecule has 0 aliphatic carbocycles. The van der Waals surface area contributed by atoms with Gasteiger partial charge >= 0.3 is 0 Å². The minimum Gasteiger partial charge on any atom is -0.393 e. The Labute approximate surface area is 143 Å². The maximum Gasteiger partial charge on any atom is 0.0991 e. The number of benzene rings is 2. The van der Waals surface area contributed by atoms with Crippen LogP contribution in [0.1, 0.15) is 29.5 Å². The summed E-state index contributed by atoms with van der Waals surface area (Å²) in [7, 11) is 0. The molecule has 124 valence electrons. The van der Waals surface area contributed by atoms with Crippen molar-refractivity contribution in [3.05, 3.63) is 65.2 Å². The number of hydrogen-bond donors (Lipinski definition) is 2. The first-order chi connectivity index (χ1) is 11.7. The van der Waals surface area contributed by atoms with Crippen LogP contribution in [0.25, 0.3) is 0 Å². The Morgan fingerprint density at radius 1 is 1.08 bits per heavy atom. The standard InChI is InChI=1S/C20H23N3O/c21-13-16-5-7-17(8-6-16)14-22-20-4-2-1-3-18(20)15-23-11-9-19(24)10-12-23/h1-8,19,22,24H,9-12,14-15H2. The summed E-state index contributed by atoms with van der Waals surface area (Å²) in [5.74, 6) is 0. The maximum absolute atomic E-state index is 9.64. The van der Waals surface area contributed by atoms with E-state index < -0.39 is 0 Å². The fourth-order valence-corrected chi connectivity index (χ4v) is 3.04. The Bertz CT molecular complexity index is 698. The van der Waals surface area contributed by atoms with Gasteiger partial charge in [-0.25, -0.2) is 0 Å². The number of piperidine rings is 1. The Kier molecular flexibility index (Phi) is 5.47. The lowest BCUT2D eigenvalue weighted by Crippen LogP contribution is -2.35. The molecule has 24 heavy (non-hydrogen) atoms. The van der Waals surface area contributed by atoms with Crippen molar-refractivity contribution in [3.8, 4) is 6.07 Å². The van der Waals surface area contributed by atoms with Gasteiger partial charge in [-0.2, -0.15) is 5.26 Å². The largest absolute Gasteiger partial charge is 0.393 e. The first kappa shape index (κ1) is 16.5. The summed E-state index contributed by atoms with van der Waals surface area (Å²) in [6.45, 7) is 3.54. The van der Waals surface area contributed by atoms with Crippen LogP contribution in [0.15, 0.2) is 48.5 Å². The summed E-state index contributed by atoms with van der Waals surface area (Å²) in [6.07, 6.45) is 1.59. The van der Waals surface area contributed by atoms with Gasteiger partial charge in [0.05, 0.1) is 17.7 Å². The number of nitrogens with zero attached hydrogens (tertiary/aromatic N) is 2. The van der Waals surface area contributed by atoms with Gasteiger partial charge in [0.2, 0.25) is 0 Å². The van der Waals surface area contributed by atoms with Gasteiger partial charge in [0, 0.05) is 31.9 Å². The highest BCUT2D eigenvalue weighted by Gasteiger charge is 2.17. The number of para-hydroxylation sites is 1. The Hall–Kier alpha value is -2.35. The predicted molar refractivity (Wildman–Crippen MR) is 95.4 cm³/mol. The van der Waals surface area contributed by atoms with Gasteiger partial charge < -0.3 is 10.4 Å². The minimum absolute atomic E-state index is 0.133. The van der Waals surface area contributed by atoms with Crippen LogP contribution in [0.5, 0.6) is 0 Å². The summed E-state index contributed by atoms with van der Waals surface area (Å²) in [5, 5.41) is 22.0. The van der Waals surface area contributed by atoms with E-state index >= 15 is 0 Å². The van der Waals surface area contributed by atoms with Gasteiger partial charge in [-0.1, -0.05) is 30.3 Å². The first-order valence-corrected chi connectivity index (χ1v) is 8.46. The lowest BCUT2D eigenvalue weighted by molar-refractivity contribution is 0.0793. The van der Waals surface area contributed by atoms with Crippen molar-refractivity contribution in [3.63, 3.8) is 0 Å². The van der Waals surface area contributed by atoms with E-state index in [0.717, 1.165) is 50.3 Å². The molecule has 1 aliphatic heterocycles. The highest BCUT2D eigenvalue weighted by Crippen LogP contribution is 2.20. The summed E-state index contributed by atoms with van der Waals surface area (Å²) in [6, 6.07) is 18.2. The molecule has 3 rings (SSSR count). The van der Waals surface area contributed by atoms with Crippen molar-refractivity contribution < 1.29 is 5.11 Å². The highest BCUT2D eigenvalue weighted by molar-refractivity contribution is 5.51. The second kappa shape index (κ2) is 7.96. The van der Waals surface area contributed by atoms with Crippen LogP contribution in [0.3, 0.4) is 0 Å². The molecule has 4 nitrogen and oxygen atoms in total. The number of rotatable bonds is 5. The molecule has 2 aromatic rings. The van der Waals surface area contributed by atoms with Gasteiger partial charge in [0.1, 0.15) is 0 Å². The topological polar surface area (TPSA) is 59.3 Å². The average molecular weight is 321 g/mol. The van der Waals surface area contributed by atoms with Crippen LogP contribution >= 0.6 is 0 Å². The molecular formula is C20H23N3O. The lowest BCUT2D eigenvalue weighted by Gasteiger charge is -2.30. The van der Waals surface area contributed by atoms with E-state index in [4.69, 9.17) is 5.26 Å². The van der Waals surface area contributed by atoms with Gasteiger partial charge in [-0.05, 0) is 42.2 Å². The quantitative estimate of drug-likeness (QED) is 0.888. The van der Waals surface area contributed by atoms with Crippen molar-refractivity contribution in [2.24, 2.45) is 0 Å². The van der Waals surface area contributed by atoms with Crippen molar-refractivity contribution >= 4 is 5.69 Å². The summed E-state index contributed by atoms with van der Waals surface area (Å²) >= 11 is 0. The molecule has 1 fully saturated rings. The van der Waals surface area contributed by atoms with Crippen molar-refractivity contribution in [1.82, 2.24) is 4.90 Å². The zero-order valence-electron chi connectivity index (χ0n) is 13.8. The average Bonchev–Trinajstić information content (AvgIpc) is 2.63. The zero-order chi connectivity index (χ0) is 16.8. The second-order valence-electron chi connectivity index (χ2n) is 6.33. The summed E-state index contributed by atoms with van der Waals surface area (Å²) in [4.78, 5) is 2.40. The van der Waals surface area contributed by atoms with E-state index in [1.807, 2.05) is 30.3 Å². The monoisotopic (exact) mass is 321 g/mol. The molecule has 2 N–H and O–H groups in total. The van der Waals surface area contributed by atoms with Crippen LogP contribution in [0, 0.1) is 11.3 Å². The zero-order valence-corrected chi connectivity index (χ0v) is 13.8. The van der Waals surface area contributed by atoms with E-state index in [0.29, 0.717) is 5.56 Å². The maximum atomic E-state index is 9.64. The normalized spacial score (nSPS) is 15.8. The number of anilines is 1. The Morgan fingerprint density at radius 3 is 2.50 bits per heavy atom. The lowest BCUT2D eigenvalue weighted by atomic mass is 10.1. The fraction of sp³-hybridized carbons (Fsp3) is 0.350. The van der Waals surface area contributed by atoms with Crippen LogP contribution in [0.2, 0.25) is 0 Å². The number of nitrogens with one attached hydrogen (secondary N) is 1. The van der Waals surface area contributed by atoms with E-state index in [1.54, 1.807) is 0 Å². The van der Waals surface area contributed by atoms with Crippen LogP contribution in [-0.4, -0.2) is 29.2 Å². The molecule has 0 saturated carbocycles. The van der Waals surface area contributed by atoms with E-state index in [9.17, 15) is 5.11 Å². The van der Waals surface area contributed by atoms with Crippen LogP contribution in [0.4, 0.5) is 5.69 Å². The smallest absolute Gasteiger partial charge is 0.0991 e. The molecule has 0 spiro atoms. The van der Waals surface area contributed by atoms with Crippen molar-refractivity contribution in [2.45, 2.75) is 32.0 Å². The third-order valence-corrected chi connectivity index (χ3v) is 4.53. The molecule has 0 atom stereocenters. The fourth-order valence-electron chi connectivity index (χ4n) is 3.04. The number of likely N-dealkylation sites (tertiary alicyclic amines) is 1. The van der Waals surface area contributed by atoms with Gasteiger partial charge in [-0.3, -0.25) is 4.90 Å². The minimum atomic E-state index is -0.133. The first-order valence-electron chi connectivity index (χ1n) is 8.46. The highest BCUT2D eigenvalue weighted by atomic mass is 16.3. The van der Waals surface area contributed by atoms with Gasteiger partial charge in [0.15, 0.2) is 0 Å². The molecule has 0 unspecified atom stereocenters. The van der Waals surface area contributed by atoms with Crippen molar-refractivity contribution in [1.29, 1.82) is 5.26 Å². The summed E-state index contributed by atoms with van der Waals surface area (Å²) < 4.78 is 0. The van der Waals surface area contributed by atoms with Crippen LogP contribution in [-0.2, 0) is 13.1 Å². The van der Waals surface area contributed by atoms with E-state index in [1.165, 1.54) is 5.56 Å². The number of aliphatic hydroxyl groups excluding tert-OH is 1. The molecule has 1 heterocycles. The molecule has 1 saturated heterocycles. The van der Waals surface area contributed by atoms with E-state index in [-0.39, 0.29) is 6.10 Å². The van der Waals surface area contributed by atoms with Gasteiger partial charge in [-0.15, -0.1) is 0 Å². The van der Waals surface area contributed by atoms with E-state index in [2.05, 4.69) is 34.5 Å². The molecular weight excluding hydrogens is 298 g/mol. The second-order valence-corrected chi connectivity index (χ2v) is 6.33. The Balaban J connectivity index is 1.62. The molecule has 0 amide bonds. The SMILES string of the molecule is N#Cc1ccc(CNc2ccccc2CN2CCC(O)CC2)cc1. The van der Waals surface area contributed by atoms with Crippen molar-refractivity contribution in [2.75, 3.05) is 18.4 Å². The van der Waals surface area contributed by atoms with Gasteiger partial charge in [0.25, 0.3) is 0 Å². The molecule has 2 aromatic carbocycles. The number of aliphatic hydroxyl groups is 1. The summed E-state index contributed by atoms with van der Waals surface area (Å²) in [5.41, 5.74) is 4.27. The third-order valence-electron chi connectivity index (χ3n) is 4.53. The molecule has 0 radical (unpaired) electrons. The molecule has 0 bridgehead atoms. The molecule has 0 aromatic heterocycles. The molecule has 1 aliphatic rings.